The van der Waals surface area contributed by atoms with Crippen molar-refractivity contribution in [1.82, 2.24) is 4.98 Å². The number of anilines is 1. The Hall–Kier alpha value is -0.740. The van der Waals surface area contributed by atoms with E-state index in [4.69, 9.17) is 5.73 Å². The Labute approximate surface area is 81.5 Å². The van der Waals surface area contributed by atoms with Crippen LogP contribution in [0.5, 0.6) is 0 Å². The van der Waals surface area contributed by atoms with Gasteiger partial charge in [-0.3, -0.25) is 4.98 Å². The van der Waals surface area contributed by atoms with Gasteiger partial charge in [0, 0.05) is 11.9 Å². The zero-order chi connectivity index (χ0) is 9.84. The van der Waals surface area contributed by atoms with Crippen LogP contribution < -0.4 is 5.73 Å². The first-order chi connectivity index (χ1) is 6.09. The summed E-state index contributed by atoms with van der Waals surface area (Å²) >= 11 is -0.849. The van der Waals surface area contributed by atoms with Crippen LogP contribution in [0.3, 0.4) is 0 Å². The van der Waals surface area contributed by atoms with Gasteiger partial charge >= 0.3 is 0 Å². The van der Waals surface area contributed by atoms with Gasteiger partial charge in [-0.2, -0.15) is 0 Å². The van der Waals surface area contributed by atoms with Crippen LogP contribution in [0.25, 0.3) is 0 Å². The molecule has 0 aliphatic rings. The zero-order valence-corrected chi connectivity index (χ0v) is 8.67. The summed E-state index contributed by atoms with van der Waals surface area (Å²) in [4.78, 5) is 4.09. The summed E-state index contributed by atoms with van der Waals surface area (Å²) in [6.07, 6.45) is 1.64. The van der Waals surface area contributed by atoms with Gasteiger partial charge in [-0.1, -0.05) is 0 Å². The third-order valence-electron chi connectivity index (χ3n) is 1.66. The highest BCUT2D eigenvalue weighted by Crippen LogP contribution is 2.10. The SMILES string of the molecule is CC(C)[S+]([O-])Cc1cc(N)ccn1. The molecule has 1 unspecified atom stereocenters. The van der Waals surface area contributed by atoms with Gasteiger partial charge in [-0.15, -0.1) is 0 Å². The van der Waals surface area contributed by atoms with E-state index in [1.165, 1.54) is 0 Å². The zero-order valence-electron chi connectivity index (χ0n) is 7.86. The Kier molecular flexibility index (Phi) is 3.57. The van der Waals surface area contributed by atoms with Crippen molar-refractivity contribution in [3.05, 3.63) is 24.0 Å². The highest BCUT2D eigenvalue weighted by atomic mass is 32.2. The molecule has 0 fully saturated rings. The van der Waals surface area contributed by atoms with E-state index < -0.39 is 11.2 Å². The number of aromatic nitrogens is 1. The minimum atomic E-state index is -0.849. The molecule has 0 saturated heterocycles. The van der Waals surface area contributed by atoms with E-state index >= 15 is 0 Å². The fourth-order valence-corrected chi connectivity index (χ4v) is 1.67. The molecule has 0 spiro atoms. The lowest BCUT2D eigenvalue weighted by molar-refractivity contribution is 0.585. The Morgan fingerprint density at radius 1 is 1.62 bits per heavy atom. The van der Waals surface area contributed by atoms with E-state index in [2.05, 4.69) is 4.98 Å². The van der Waals surface area contributed by atoms with Crippen LogP contribution in [-0.4, -0.2) is 14.8 Å². The van der Waals surface area contributed by atoms with E-state index in [1.54, 1.807) is 18.3 Å². The minimum Gasteiger partial charge on any atom is -0.616 e. The Bertz CT molecular complexity index is 278. The maximum Gasteiger partial charge on any atom is 0.147 e. The molecule has 0 saturated carbocycles. The first kappa shape index (κ1) is 10.3. The number of nitrogens with two attached hydrogens (primary N) is 1. The van der Waals surface area contributed by atoms with Gasteiger partial charge in [0.2, 0.25) is 0 Å². The average molecular weight is 198 g/mol. The first-order valence-corrected chi connectivity index (χ1v) is 5.55. The second-order valence-corrected chi connectivity index (χ2v) is 5.15. The van der Waals surface area contributed by atoms with Crippen molar-refractivity contribution in [2.45, 2.75) is 24.9 Å². The second kappa shape index (κ2) is 4.48. The molecule has 1 aromatic rings. The van der Waals surface area contributed by atoms with Crippen LogP contribution in [0.4, 0.5) is 5.69 Å². The predicted molar refractivity (Wildman–Crippen MR) is 55.6 cm³/mol. The van der Waals surface area contributed by atoms with Crippen LogP contribution in [0.1, 0.15) is 19.5 Å². The van der Waals surface area contributed by atoms with Crippen molar-refractivity contribution < 1.29 is 4.55 Å². The van der Waals surface area contributed by atoms with Gasteiger partial charge in [0.15, 0.2) is 0 Å². The molecule has 3 nitrogen and oxygen atoms in total. The maximum atomic E-state index is 11.5. The van der Waals surface area contributed by atoms with Gasteiger partial charge < -0.3 is 10.3 Å². The molecule has 0 aromatic carbocycles. The molecule has 0 aliphatic heterocycles. The largest absolute Gasteiger partial charge is 0.616 e. The molecule has 1 atom stereocenters. The van der Waals surface area contributed by atoms with Gasteiger partial charge in [0.25, 0.3) is 0 Å². The number of rotatable bonds is 3. The van der Waals surface area contributed by atoms with Crippen molar-refractivity contribution >= 4 is 16.9 Å². The molecule has 0 radical (unpaired) electrons. The standard InChI is InChI=1S/C9H14N2OS/c1-7(2)13(12)6-9-5-8(10)3-4-11-9/h3-5,7H,6H2,1-2H3,(H2,10,11). The summed E-state index contributed by atoms with van der Waals surface area (Å²) in [6, 6.07) is 3.49. The molecule has 13 heavy (non-hydrogen) atoms. The monoisotopic (exact) mass is 198 g/mol. The number of nitrogens with zero attached hydrogens (tertiary/aromatic N) is 1. The number of hydrogen-bond acceptors (Lipinski definition) is 3. The highest BCUT2D eigenvalue weighted by Gasteiger charge is 2.12. The molecule has 0 amide bonds. The molecule has 1 heterocycles. The molecule has 1 rings (SSSR count). The average Bonchev–Trinajstić information content (AvgIpc) is 2.04. The Morgan fingerprint density at radius 3 is 2.85 bits per heavy atom. The summed E-state index contributed by atoms with van der Waals surface area (Å²) in [6.45, 7) is 3.87. The molecule has 2 N–H and O–H groups in total. The van der Waals surface area contributed by atoms with Crippen LogP contribution in [0.15, 0.2) is 18.3 Å². The molecular weight excluding hydrogens is 184 g/mol. The molecule has 72 valence electrons. The summed E-state index contributed by atoms with van der Waals surface area (Å²) in [5, 5.41) is 0.170. The highest BCUT2D eigenvalue weighted by molar-refractivity contribution is 7.91. The summed E-state index contributed by atoms with van der Waals surface area (Å²) in [5.74, 6) is 0.489. The van der Waals surface area contributed by atoms with Crippen LogP contribution in [0.2, 0.25) is 0 Å². The minimum absolute atomic E-state index is 0.170. The molecule has 4 heteroatoms. The van der Waals surface area contributed by atoms with E-state index in [9.17, 15) is 4.55 Å². The van der Waals surface area contributed by atoms with Crippen molar-refractivity contribution in [2.24, 2.45) is 0 Å². The Morgan fingerprint density at radius 2 is 2.31 bits per heavy atom. The summed E-state index contributed by atoms with van der Waals surface area (Å²) in [7, 11) is 0. The molecule has 1 aromatic heterocycles. The number of hydrogen-bond donors (Lipinski definition) is 1. The summed E-state index contributed by atoms with van der Waals surface area (Å²) < 4.78 is 11.5. The van der Waals surface area contributed by atoms with Crippen molar-refractivity contribution in [3.8, 4) is 0 Å². The predicted octanol–water partition coefficient (Wildman–Crippen LogP) is 1.32. The van der Waals surface area contributed by atoms with E-state index in [0.29, 0.717) is 11.4 Å². The van der Waals surface area contributed by atoms with Gasteiger partial charge in [-0.25, -0.2) is 0 Å². The van der Waals surface area contributed by atoms with Gasteiger partial charge in [0.05, 0.1) is 5.69 Å². The normalized spacial score (nSPS) is 13.2. The second-order valence-electron chi connectivity index (χ2n) is 3.15. The molecule has 0 aliphatic carbocycles. The lowest BCUT2D eigenvalue weighted by atomic mass is 10.3. The third kappa shape index (κ3) is 3.24. The lowest BCUT2D eigenvalue weighted by Crippen LogP contribution is -2.16. The van der Waals surface area contributed by atoms with Crippen molar-refractivity contribution in [2.75, 3.05) is 5.73 Å². The van der Waals surface area contributed by atoms with Crippen LogP contribution >= 0.6 is 0 Å². The summed E-state index contributed by atoms with van der Waals surface area (Å²) in [5.41, 5.74) is 7.04. The first-order valence-electron chi connectivity index (χ1n) is 4.17. The fourth-order valence-electron chi connectivity index (χ4n) is 0.888. The van der Waals surface area contributed by atoms with E-state index in [0.717, 1.165) is 5.69 Å². The van der Waals surface area contributed by atoms with Crippen LogP contribution in [0, 0.1) is 0 Å². The third-order valence-corrected chi connectivity index (χ3v) is 3.29. The Balaban J connectivity index is 2.64. The smallest absolute Gasteiger partial charge is 0.147 e. The van der Waals surface area contributed by atoms with Crippen molar-refractivity contribution in [1.29, 1.82) is 0 Å². The number of pyridine rings is 1. The quantitative estimate of drug-likeness (QED) is 0.745. The van der Waals surface area contributed by atoms with E-state index in [1.807, 2.05) is 13.8 Å². The number of nitrogen functional groups attached to an aromatic ring is 1. The van der Waals surface area contributed by atoms with Crippen molar-refractivity contribution in [3.63, 3.8) is 0 Å². The van der Waals surface area contributed by atoms with Gasteiger partial charge in [0.1, 0.15) is 11.0 Å². The van der Waals surface area contributed by atoms with Crippen LogP contribution in [-0.2, 0) is 16.9 Å². The topological polar surface area (TPSA) is 62.0 Å². The lowest BCUT2D eigenvalue weighted by Gasteiger charge is -2.13. The molecule has 0 bridgehead atoms. The van der Waals surface area contributed by atoms with Gasteiger partial charge in [-0.05, 0) is 37.2 Å². The molecular formula is C9H14N2OS. The fraction of sp³-hybridized carbons (Fsp3) is 0.444. The van der Waals surface area contributed by atoms with E-state index in [-0.39, 0.29) is 5.25 Å². The maximum absolute atomic E-state index is 11.5.